The molecule has 0 heterocycles. The Balaban J connectivity index is 3.57. The van der Waals surface area contributed by atoms with Gasteiger partial charge in [-0.25, -0.2) is 0 Å². The van der Waals surface area contributed by atoms with E-state index in [0.717, 1.165) is 38.5 Å². The van der Waals surface area contributed by atoms with Crippen LogP contribution in [0.1, 0.15) is 155 Å². The number of ether oxygens (including phenoxy) is 2. The van der Waals surface area contributed by atoms with Gasteiger partial charge < -0.3 is 14.6 Å². The van der Waals surface area contributed by atoms with E-state index in [-0.39, 0.29) is 25.2 Å². The Morgan fingerprint density at radius 2 is 1.03 bits per heavy atom. The van der Waals surface area contributed by atoms with Crippen LogP contribution in [0.15, 0.2) is 12.2 Å². The van der Waals surface area contributed by atoms with E-state index in [4.69, 9.17) is 9.47 Å². The second kappa shape index (κ2) is 28.2. The monoisotopic (exact) mass is 510 g/mol. The standard InChI is InChI=1S/C31H58O5/c1-3-5-7-9-11-12-13-14-15-16-17-18-20-22-24-26-31(34)36-29(27-32)28-35-30(33)25-23-21-19-10-8-6-4-2/h12-13,29,32H,3-11,14-28H2,1-2H3/b13-12+/t29-/m0/s1. The largest absolute Gasteiger partial charge is 0.462 e. The highest BCUT2D eigenvalue weighted by atomic mass is 16.6. The fourth-order valence-corrected chi connectivity index (χ4v) is 4.19. The Kier molecular flexibility index (Phi) is 27.1. The van der Waals surface area contributed by atoms with E-state index in [9.17, 15) is 14.7 Å². The van der Waals surface area contributed by atoms with Crippen molar-refractivity contribution in [2.45, 2.75) is 161 Å². The lowest BCUT2D eigenvalue weighted by Gasteiger charge is -2.15. The molecule has 0 aliphatic carbocycles. The molecule has 0 unspecified atom stereocenters. The van der Waals surface area contributed by atoms with Gasteiger partial charge in [-0.2, -0.15) is 0 Å². The zero-order valence-corrected chi connectivity index (χ0v) is 23.8. The second-order valence-corrected chi connectivity index (χ2v) is 10.2. The first-order chi connectivity index (χ1) is 17.6. The molecule has 0 aromatic carbocycles. The molecule has 0 rings (SSSR count). The highest BCUT2D eigenvalue weighted by molar-refractivity contribution is 5.70. The third-order valence-corrected chi connectivity index (χ3v) is 6.56. The molecule has 36 heavy (non-hydrogen) atoms. The first kappa shape index (κ1) is 34.6. The number of unbranched alkanes of at least 4 members (excludes halogenated alkanes) is 17. The Morgan fingerprint density at radius 3 is 1.53 bits per heavy atom. The summed E-state index contributed by atoms with van der Waals surface area (Å²) in [4.78, 5) is 23.9. The van der Waals surface area contributed by atoms with Gasteiger partial charge in [0.25, 0.3) is 0 Å². The number of allylic oxidation sites excluding steroid dienone is 2. The Labute approximate surface area is 222 Å². The average molecular weight is 511 g/mol. The summed E-state index contributed by atoms with van der Waals surface area (Å²) in [6, 6.07) is 0. The highest BCUT2D eigenvalue weighted by Crippen LogP contribution is 2.12. The van der Waals surface area contributed by atoms with Crippen molar-refractivity contribution < 1.29 is 24.2 Å². The van der Waals surface area contributed by atoms with Crippen LogP contribution in [0.5, 0.6) is 0 Å². The van der Waals surface area contributed by atoms with Crippen LogP contribution in [0.4, 0.5) is 0 Å². The van der Waals surface area contributed by atoms with Crippen LogP contribution < -0.4 is 0 Å². The number of rotatable bonds is 27. The molecule has 212 valence electrons. The maximum Gasteiger partial charge on any atom is 0.306 e. The van der Waals surface area contributed by atoms with E-state index in [1.807, 2.05) is 0 Å². The molecule has 1 atom stereocenters. The number of carbonyl (C=O) groups excluding carboxylic acids is 2. The number of aliphatic hydroxyl groups is 1. The maximum atomic E-state index is 12.0. The number of esters is 2. The van der Waals surface area contributed by atoms with Gasteiger partial charge in [0.05, 0.1) is 6.61 Å². The Hall–Kier alpha value is -1.36. The minimum Gasteiger partial charge on any atom is -0.462 e. The van der Waals surface area contributed by atoms with Crippen molar-refractivity contribution in [3.63, 3.8) is 0 Å². The molecular weight excluding hydrogens is 452 g/mol. The molecule has 5 nitrogen and oxygen atoms in total. The van der Waals surface area contributed by atoms with Gasteiger partial charge in [-0.3, -0.25) is 9.59 Å². The minimum absolute atomic E-state index is 0.0639. The summed E-state index contributed by atoms with van der Waals surface area (Å²) >= 11 is 0. The maximum absolute atomic E-state index is 12.0. The van der Waals surface area contributed by atoms with E-state index in [1.54, 1.807) is 0 Å². The van der Waals surface area contributed by atoms with Crippen LogP contribution in [0, 0.1) is 0 Å². The third kappa shape index (κ3) is 25.7. The molecule has 5 heteroatoms. The van der Waals surface area contributed by atoms with Crippen molar-refractivity contribution in [1.82, 2.24) is 0 Å². The van der Waals surface area contributed by atoms with Gasteiger partial charge in [0.1, 0.15) is 6.61 Å². The highest BCUT2D eigenvalue weighted by Gasteiger charge is 2.16. The summed E-state index contributed by atoms with van der Waals surface area (Å²) in [5.74, 6) is -0.602. The molecule has 0 radical (unpaired) electrons. The molecule has 0 saturated carbocycles. The predicted molar refractivity (Wildman–Crippen MR) is 150 cm³/mol. The zero-order valence-electron chi connectivity index (χ0n) is 23.8. The van der Waals surface area contributed by atoms with E-state index in [2.05, 4.69) is 26.0 Å². The topological polar surface area (TPSA) is 72.8 Å². The van der Waals surface area contributed by atoms with Crippen LogP contribution in [0.3, 0.4) is 0 Å². The summed E-state index contributed by atoms with van der Waals surface area (Å²) in [6.07, 6.45) is 28.4. The van der Waals surface area contributed by atoms with E-state index < -0.39 is 6.10 Å². The first-order valence-corrected chi connectivity index (χ1v) is 15.2. The van der Waals surface area contributed by atoms with E-state index in [1.165, 1.54) is 89.9 Å². The number of aliphatic hydroxyl groups excluding tert-OH is 1. The zero-order chi connectivity index (χ0) is 26.5. The quantitative estimate of drug-likeness (QED) is 0.0680. The van der Waals surface area contributed by atoms with E-state index in [0.29, 0.717) is 12.8 Å². The van der Waals surface area contributed by atoms with Gasteiger partial charge >= 0.3 is 11.9 Å². The van der Waals surface area contributed by atoms with Gasteiger partial charge in [-0.1, -0.05) is 116 Å². The van der Waals surface area contributed by atoms with Crippen LogP contribution in [-0.4, -0.2) is 36.4 Å². The van der Waals surface area contributed by atoms with Crippen molar-refractivity contribution in [2.75, 3.05) is 13.2 Å². The lowest BCUT2D eigenvalue weighted by molar-refractivity contribution is -0.161. The third-order valence-electron chi connectivity index (χ3n) is 6.56. The Morgan fingerprint density at radius 1 is 0.611 bits per heavy atom. The minimum atomic E-state index is -0.763. The normalized spacial score (nSPS) is 12.2. The molecule has 0 bridgehead atoms. The van der Waals surface area contributed by atoms with Crippen molar-refractivity contribution in [3.8, 4) is 0 Å². The molecule has 0 aliphatic heterocycles. The lowest BCUT2D eigenvalue weighted by Crippen LogP contribution is -2.28. The van der Waals surface area contributed by atoms with Gasteiger partial charge in [0.15, 0.2) is 6.10 Å². The average Bonchev–Trinajstić information content (AvgIpc) is 2.88. The van der Waals surface area contributed by atoms with Crippen molar-refractivity contribution in [3.05, 3.63) is 12.2 Å². The summed E-state index contributed by atoms with van der Waals surface area (Å²) in [5, 5.41) is 9.44. The molecule has 0 aliphatic rings. The van der Waals surface area contributed by atoms with Gasteiger partial charge in [0.2, 0.25) is 0 Å². The summed E-state index contributed by atoms with van der Waals surface area (Å²) in [6.45, 7) is 4.06. The molecule has 0 aromatic rings. The second-order valence-electron chi connectivity index (χ2n) is 10.2. The summed E-state index contributed by atoms with van der Waals surface area (Å²) < 4.78 is 10.5. The van der Waals surface area contributed by atoms with Crippen molar-refractivity contribution in [1.29, 1.82) is 0 Å². The number of hydrogen-bond acceptors (Lipinski definition) is 5. The molecule has 1 N–H and O–H groups in total. The summed E-state index contributed by atoms with van der Waals surface area (Å²) in [5.41, 5.74) is 0. The van der Waals surface area contributed by atoms with Crippen molar-refractivity contribution in [2.24, 2.45) is 0 Å². The number of carbonyl (C=O) groups is 2. The SMILES string of the molecule is CCCCCC/C=C/CCCCCCCCCC(=O)O[C@@H](CO)COC(=O)CCCCCCCCC. The fourth-order valence-electron chi connectivity index (χ4n) is 4.19. The predicted octanol–water partition coefficient (Wildman–Crippen LogP) is 8.61. The molecule has 0 fully saturated rings. The molecule has 0 spiro atoms. The van der Waals surface area contributed by atoms with Gasteiger partial charge in [-0.15, -0.1) is 0 Å². The van der Waals surface area contributed by atoms with E-state index >= 15 is 0 Å². The van der Waals surface area contributed by atoms with Crippen LogP contribution in [0.2, 0.25) is 0 Å². The van der Waals surface area contributed by atoms with Crippen LogP contribution >= 0.6 is 0 Å². The van der Waals surface area contributed by atoms with Crippen molar-refractivity contribution >= 4 is 11.9 Å². The molecule has 0 amide bonds. The van der Waals surface area contributed by atoms with Gasteiger partial charge in [-0.05, 0) is 38.5 Å². The molecule has 0 aromatic heterocycles. The van der Waals surface area contributed by atoms with Crippen LogP contribution in [-0.2, 0) is 19.1 Å². The summed E-state index contributed by atoms with van der Waals surface area (Å²) in [7, 11) is 0. The number of hydrogen-bond donors (Lipinski definition) is 1. The van der Waals surface area contributed by atoms with Gasteiger partial charge in [0, 0.05) is 12.8 Å². The lowest BCUT2D eigenvalue weighted by atomic mass is 10.1. The molecular formula is C31H58O5. The van der Waals surface area contributed by atoms with Crippen LogP contribution in [0.25, 0.3) is 0 Å². The molecule has 0 saturated heterocycles. The smallest absolute Gasteiger partial charge is 0.306 e. The Bertz CT molecular complexity index is 517. The fraction of sp³-hybridized carbons (Fsp3) is 0.871. The first-order valence-electron chi connectivity index (χ1n) is 15.2.